The predicted molar refractivity (Wildman–Crippen MR) is 128 cm³/mol. The summed E-state index contributed by atoms with van der Waals surface area (Å²) in [4.78, 5) is 10.3. The lowest BCUT2D eigenvalue weighted by Crippen LogP contribution is -2.41. The third kappa shape index (κ3) is 4.12. The standard InChI is InChI=1S/C27H22F5N3O/c1-15-24(16-5-3-9-33-14-16)34-25-20(26(15)35-10-4-6-23(35)27(30,31)32)11-17(12-22(25)36-2)19-8-7-18(28)13-21(19)29/h3,5,7-9,11-14,23H,4,6,10H2,1-2H3. The molecule has 2 aromatic carbocycles. The molecule has 1 fully saturated rings. The molecule has 3 heterocycles. The first-order valence-corrected chi connectivity index (χ1v) is 11.4. The van der Waals surface area contributed by atoms with Gasteiger partial charge in [-0.2, -0.15) is 13.2 Å². The monoisotopic (exact) mass is 499 g/mol. The lowest BCUT2D eigenvalue weighted by atomic mass is 9.97. The number of nitrogens with zero attached hydrogens (tertiary/aromatic N) is 3. The Hall–Kier alpha value is -3.75. The molecule has 0 bridgehead atoms. The molecule has 0 aliphatic carbocycles. The van der Waals surface area contributed by atoms with Gasteiger partial charge in [0.2, 0.25) is 0 Å². The van der Waals surface area contributed by atoms with Crippen molar-refractivity contribution in [2.24, 2.45) is 0 Å². The Morgan fingerprint density at radius 1 is 1.06 bits per heavy atom. The van der Waals surface area contributed by atoms with E-state index in [1.165, 1.54) is 18.1 Å². The molecule has 0 saturated carbocycles. The number of pyridine rings is 2. The van der Waals surface area contributed by atoms with Crippen LogP contribution in [-0.2, 0) is 0 Å². The molecule has 186 valence electrons. The molecule has 1 aliphatic rings. The zero-order chi connectivity index (χ0) is 25.6. The number of fused-ring (bicyclic) bond motifs is 1. The van der Waals surface area contributed by atoms with Crippen LogP contribution in [0.15, 0.2) is 54.9 Å². The zero-order valence-corrected chi connectivity index (χ0v) is 19.5. The second-order valence-corrected chi connectivity index (χ2v) is 8.77. The number of rotatable bonds is 4. The van der Waals surface area contributed by atoms with Crippen LogP contribution in [0.4, 0.5) is 27.6 Å². The van der Waals surface area contributed by atoms with E-state index in [4.69, 9.17) is 9.72 Å². The first kappa shape index (κ1) is 24.0. The quantitative estimate of drug-likeness (QED) is 0.281. The van der Waals surface area contributed by atoms with Gasteiger partial charge in [0.15, 0.2) is 0 Å². The van der Waals surface area contributed by atoms with E-state index in [0.29, 0.717) is 45.4 Å². The molecule has 36 heavy (non-hydrogen) atoms. The summed E-state index contributed by atoms with van der Waals surface area (Å²) in [6.07, 6.45) is -0.884. The first-order chi connectivity index (χ1) is 17.2. The summed E-state index contributed by atoms with van der Waals surface area (Å²) in [5, 5.41) is 0.398. The third-order valence-corrected chi connectivity index (χ3v) is 6.58. The molecule has 9 heteroatoms. The lowest BCUT2D eigenvalue weighted by Gasteiger charge is -2.32. The number of alkyl halides is 3. The van der Waals surface area contributed by atoms with Gasteiger partial charge in [-0.25, -0.2) is 13.8 Å². The van der Waals surface area contributed by atoms with E-state index in [-0.39, 0.29) is 24.3 Å². The maximum atomic E-state index is 14.7. The number of ether oxygens (including phenoxy) is 1. The number of hydrogen-bond acceptors (Lipinski definition) is 4. The number of aromatic nitrogens is 2. The fourth-order valence-corrected chi connectivity index (χ4v) is 4.98. The fraction of sp³-hybridized carbons (Fsp3) is 0.259. The van der Waals surface area contributed by atoms with Crippen molar-refractivity contribution in [2.75, 3.05) is 18.6 Å². The molecule has 1 atom stereocenters. The minimum atomic E-state index is -4.43. The highest BCUT2D eigenvalue weighted by atomic mass is 19.4. The van der Waals surface area contributed by atoms with Crippen LogP contribution >= 0.6 is 0 Å². The summed E-state index contributed by atoms with van der Waals surface area (Å²) < 4.78 is 76.0. The molecule has 0 N–H and O–H groups in total. The van der Waals surface area contributed by atoms with Gasteiger partial charge in [0, 0.05) is 41.5 Å². The largest absolute Gasteiger partial charge is 0.494 e. The summed E-state index contributed by atoms with van der Waals surface area (Å²) in [6, 6.07) is 8.20. The average molecular weight is 499 g/mol. The molecule has 0 radical (unpaired) electrons. The van der Waals surface area contributed by atoms with E-state index < -0.39 is 23.9 Å². The Kier molecular flexibility index (Phi) is 6.02. The molecule has 0 spiro atoms. The smallest absolute Gasteiger partial charge is 0.408 e. The molecule has 0 amide bonds. The van der Waals surface area contributed by atoms with Crippen LogP contribution in [0.25, 0.3) is 33.3 Å². The first-order valence-electron chi connectivity index (χ1n) is 11.4. The molecule has 2 aromatic heterocycles. The number of hydrogen-bond donors (Lipinski definition) is 0. The van der Waals surface area contributed by atoms with Crippen molar-refractivity contribution >= 4 is 16.6 Å². The van der Waals surface area contributed by atoms with E-state index in [1.807, 2.05) is 0 Å². The van der Waals surface area contributed by atoms with Crippen molar-refractivity contribution in [1.29, 1.82) is 0 Å². The van der Waals surface area contributed by atoms with Crippen molar-refractivity contribution < 1.29 is 26.7 Å². The number of anilines is 1. The molecule has 4 nitrogen and oxygen atoms in total. The maximum absolute atomic E-state index is 14.7. The van der Waals surface area contributed by atoms with Gasteiger partial charge in [-0.15, -0.1) is 0 Å². The molecule has 1 saturated heterocycles. The maximum Gasteiger partial charge on any atom is 0.408 e. The van der Waals surface area contributed by atoms with Gasteiger partial charge >= 0.3 is 6.18 Å². The van der Waals surface area contributed by atoms with Crippen molar-refractivity contribution in [1.82, 2.24) is 9.97 Å². The molecule has 5 rings (SSSR count). The Morgan fingerprint density at radius 3 is 2.53 bits per heavy atom. The average Bonchev–Trinajstić information content (AvgIpc) is 3.34. The van der Waals surface area contributed by atoms with Gasteiger partial charge in [-0.1, -0.05) is 0 Å². The highest BCUT2D eigenvalue weighted by molar-refractivity contribution is 6.02. The summed E-state index contributed by atoms with van der Waals surface area (Å²) in [6.45, 7) is 1.93. The van der Waals surface area contributed by atoms with Gasteiger partial charge in [0.05, 0.1) is 18.5 Å². The molecule has 4 aromatic rings. The van der Waals surface area contributed by atoms with Crippen LogP contribution < -0.4 is 9.64 Å². The second-order valence-electron chi connectivity index (χ2n) is 8.77. The van der Waals surface area contributed by atoms with Crippen LogP contribution in [0.3, 0.4) is 0 Å². The van der Waals surface area contributed by atoms with Crippen molar-refractivity contribution in [3.05, 3.63) is 72.1 Å². The summed E-state index contributed by atoms with van der Waals surface area (Å²) in [5.41, 5.74) is 2.83. The minimum absolute atomic E-state index is 0.0294. The van der Waals surface area contributed by atoms with Crippen LogP contribution in [0.5, 0.6) is 5.75 Å². The number of halogens is 5. The molecular formula is C27H22F5N3O. The van der Waals surface area contributed by atoms with Crippen LogP contribution in [-0.4, -0.2) is 35.8 Å². The van der Waals surface area contributed by atoms with E-state index >= 15 is 0 Å². The Bertz CT molecular complexity index is 1440. The molecular weight excluding hydrogens is 477 g/mol. The summed E-state index contributed by atoms with van der Waals surface area (Å²) in [5.74, 6) is -1.25. The summed E-state index contributed by atoms with van der Waals surface area (Å²) >= 11 is 0. The molecule has 1 aliphatic heterocycles. The fourth-order valence-electron chi connectivity index (χ4n) is 4.98. The second kappa shape index (κ2) is 9.04. The normalized spacial score (nSPS) is 16.1. The van der Waals surface area contributed by atoms with E-state index in [0.717, 1.165) is 12.1 Å². The lowest BCUT2D eigenvalue weighted by molar-refractivity contribution is -0.145. The Labute approximate surface area is 204 Å². The minimum Gasteiger partial charge on any atom is -0.494 e. The van der Waals surface area contributed by atoms with Gasteiger partial charge in [0.25, 0.3) is 0 Å². The SMILES string of the molecule is COc1cc(-c2ccc(F)cc2F)cc2c(N3CCCC3C(F)(F)F)c(C)c(-c3cccnc3)nc12. The van der Waals surface area contributed by atoms with E-state index in [2.05, 4.69) is 4.98 Å². The van der Waals surface area contributed by atoms with Crippen LogP contribution in [0, 0.1) is 18.6 Å². The topological polar surface area (TPSA) is 38.2 Å². The highest BCUT2D eigenvalue weighted by Crippen LogP contribution is 2.45. The van der Waals surface area contributed by atoms with Crippen LogP contribution in [0.1, 0.15) is 18.4 Å². The number of methoxy groups -OCH3 is 1. The van der Waals surface area contributed by atoms with Gasteiger partial charge in [-0.3, -0.25) is 4.98 Å². The van der Waals surface area contributed by atoms with E-state index in [1.54, 1.807) is 43.6 Å². The van der Waals surface area contributed by atoms with Gasteiger partial charge in [0.1, 0.15) is 28.9 Å². The highest BCUT2D eigenvalue weighted by Gasteiger charge is 2.47. The van der Waals surface area contributed by atoms with Gasteiger partial charge in [-0.05, 0) is 67.3 Å². The van der Waals surface area contributed by atoms with Gasteiger partial charge < -0.3 is 9.64 Å². The number of benzene rings is 2. The zero-order valence-electron chi connectivity index (χ0n) is 19.5. The van der Waals surface area contributed by atoms with Crippen molar-refractivity contribution in [3.8, 4) is 28.1 Å². The van der Waals surface area contributed by atoms with Crippen molar-refractivity contribution in [2.45, 2.75) is 32.0 Å². The van der Waals surface area contributed by atoms with Crippen molar-refractivity contribution in [3.63, 3.8) is 0 Å². The third-order valence-electron chi connectivity index (χ3n) is 6.58. The van der Waals surface area contributed by atoms with E-state index in [9.17, 15) is 22.0 Å². The Balaban J connectivity index is 1.85. The predicted octanol–water partition coefficient (Wildman–Crippen LogP) is 7.09. The summed E-state index contributed by atoms with van der Waals surface area (Å²) in [7, 11) is 1.42. The Morgan fingerprint density at radius 2 is 1.86 bits per heavy atom. The van der Waals surface area contributed by atoms with Crippen LogP contribution in [0.2, 0.25) is 0 Å². The molecule has 1 unspecified atom stereocenters.